The molecule has 0 spiro atoms. The molecule has 0 aromatic heterocycles. The van der Waals surface area contributed by atoms with Gasteiger partial charge >= 0.3 is 0 Å². The number of terminal acetylenes is 1. The Bertz CT molecular complexity index is 293. The third-order valence-electron chi connectivity index (χ3n) is 4.34. The van der Waals surface area contributed by atoms with Crippen LogP contribution in [0.25, 0.3) is 0 Å². The predicted octanol–water partition coefficient (Wildman–Crippen LogP) is 1.49. The first kappa shape index (κ1) is 13.9. The van der Waals surface area contributed by atoms with Gasteiger partial charge in [0.2, 0.25) is 0 Å². The SMILES string of the molecule is C#CC1(CCCOCCN2CCC(NC)C2)CC1. The van der Waals surface area contributed by atoms with Crippen molar-refractivity contribution in [3.8, 4) is 12.3 Å². The molecule has 0 bridgehead atoms. The molecule has 102 valence electrons. The summed E-state index contributed by atoms with van der Waals surface area (Å²) < 4.78 is 5.70. The molecule has 0 aromatic rings. The number of hydrogen-bond acceptors (Lipinski definition) is 3. The van der Waals surface area contributed by atoms with Crippen LogP contribution in [0.5, 0.6) is 0 Å². The molecule has 2 rings (SSSR count). The van der Waals surface area contributed by atoms with Crippen LogP contribution in [0, 0.1) is 17.8 Å². The highest BCUT2D eigenvalue weighted by Crippen LogP contribution is 2.48. The summed E-state index contributed by atoms with van der Waals surface area (Å²) >= 11 is 0. The zero-order valence-corrected chi connectivity index (χ0v) is 11.6. The Labute approximate surface area is 111 Å². The Morgan fingerprint density at radius 1 is 1.44 bits per heavy atom. The molecule has 1 unspecified atom stereocenters. The van der Waals surface area contributed by atoms with E-state index in [1.54, 1.807) is 0 Å². The largest absolute Gasteiger partial charge is 0.380 e. The van der Waals surface area contributed by atoms with E-state index in [2.05, 4.69) is 16.1 Å². The second-order valence-corrected chi connectivity index (χ2v) is 5.72. The van der Waals surface area contributed by atoms with Gasteiger partial charge in [-0.15, -0.1) is 6.42 Å². The third kappa shape index (κ3) is 3.98. The quantitative estimate of drug-likeness (QED) is 0.522. The van der Waals surface area contributed by atoms with Gasteiger partial charge in [0.05, 0.1) is 6.61 Å². The van der Waals surface area contributed by atoms with Crippen molar-refractivity contribution in [1.82, 2.24) is 10.2 Å². The maximum atomic E-state index is 5.70. The van der Waals surface area contributed by atoms with Crippen LogP contribution in [0.1, 0.15) is 32.1 Å². The minimum atomic E-state index is 0.262. The normalized spacial score (nSPS) is 26.1. The van der Waals surface area contributed by atoms with Crippen LogP contribution in [0.4, 0.5) is 0 Å². The summed E-state index contributed by atoms with van der Waals surface area (Å²) in [5, 5.41) is 3.33. The van der Waals surface area contributed by atoms with Crippen LogP contribution in [-0.4, -0.2) is 50.8 Å². The second-order valence-electron chi connectivity index (χ2n) is 5.72. The average molecular weight is 250 g/mol. The van der Waals surface area contributed by atoms with Crippen molar-refractivity contribution in [2.75, 3.05) is 39.9 Å². The molecule has 1 N–H and O–H groups in total. The Kier molecular flexibility index (Phi) is 5.05. The van der Waals surface area contributed by atoms with Gasteiger partial charge in [-0.25, -0.2) is 0 Å². The van der Waals surface area contributed by atoms with E-state index in [-0.39, 0.29) is 5.41 Å². The predicted molar refractivity (Wildman–Crippen MR) is 74.5 cm³/mol. The van der Waals surface area contributed by atoms with Gasteiger partial charge in [0.15, 0.2) is 0 Å². The van der Waals surface area contributed by atoms with Gasteiger partial charge in [-0.3, -0.25) is 4.90 Å². The molecule has 18 heavy (non-hydrogen) atoms. The topological polar surface area (TPSA) is 24.5 Å². The molecule has 1 aliphatic heterocycles. The molecule has 2 aliphatic rings. The van der Waals surface area contributed by atoms with Crippen LogP contribution < -0.4 is 5.32 Å². The zero-order valence-electron chi connectivity index (χ0n) is 11.6. The van der Waals surface area contributed by atoms with Gasteiger partial charge in [-0.05, 0) is 45.7 Å². The Balaban J connectivity index is 1.44. The summed E-state index contributed by atoms with van der Waals surface area (Å²) in [4.78, 5) is 2.48. The highest BCUT2D eigenvalue weighted by Gasteiger charge is 2.39. The summed E-state index contributed by atoms with van der Waals surface area (Å²) in [7, 11) is 2.05. The molecular formula is C15H26N2O. The lowest BCUT2D eigenvalue weighted by Crippen LogP contribution is -2.31. The first-order valence-electron chi connectivity index (χ1n) is 7.23. The van der Waals surface area contributed by atoms with Crippen molar-refractivity contribution in [2.24, 2.45) is 5.41 Å². The average Bonchev–Trinajstić information content (AvgIpc) is 3.04. The van der Waals surface area contributed by atoms with Crippen molar-refractivity contribution in [1.29, 1.82) is 0 Å². The molecule has 1 aliphatic carbocycles. The molecule has 3 heteroatoms. The van der Waals surface area contributed by atoms with Gasteiger partial charge < -0.3 is 10.1 Å². The lowest BCUT2D eigenvalue weighted by molar-refractivity contribution is 0.105. The maximum Gasteiger partial charge on any atom is 0.0593 e. The fraction of sp³-hybridized carbons (Fsp3) is 0.867. The van der Waals surface area contributed by atoms with Crippen LogP contribution in [0.3, 0.4) is 0 Å². The van der Waals surface area contributed by atoms with E-state index in [1.807, 2.05) is 7.05 Å². The minimum Gasteiger partial charge on any atom is -0.380 e. The number of nitrogens with zero attached hydrogens (tertiary/aromatic N) is 1. The van der Waals surface area contributed by atoms with Crippen molar-refractivity contribution in [3.63, 3.8) is 0 Å². The summed E-state index contributed by atoms with van der Waals surface area (Å²) in [6.07, 6.45) is 11.5. The van der Waals surface area contributed by atoms with Crippen molar-refractivity contribution in [3.05, 3.63) is 0 Å². The van der Waals surface area contributed by atoms with Crippen LogP contribution in [-0.2, 0) is 4.74 Å². The van der Waals surface area contributed by atoms with Gasteiger partial charge in [-0.2, -0.15) is 0 Å². The summed E-state index contributed by atoms with van der Waals surface area (Å²) in [6.45, 7) is 5.17. The lowest BCUT2D eigenvalue weighted by atomic mass is 10.0. The van der Waals surface area contributed by atoms with Gasteiger partial charge in [0.25, 0.3) is 0 Å². The zero-order chi connectivity index (χ0) is 12.8. The van der Waals surface area contributed by atoms with E-state index in [9.17, 15) is 0 Å². The number of rotatable bonds is 8. The van der Waals surface area contributed by atoms with E-state index >= 15 is 0 Å². The first-order valence-corrected chi connectivity index (χ1v) is 7.23. The molecular weight excluding hydrogens is 224 g/mol. The Morgan fingerprint density at radius 2 is 2.28 bits per heavy atom. The number of hydrogen-bond donors (Lipinski definition) is 1. The van der Waals surface area contributed by atoms with E-state index in [4.69, 9.17) is 11.2 Å². The number of likely N-dealkylation sites (N-methyl/N-ethyl adjacent to an activating group) is 1. The van der Waals surface area contributed by atoms with Crippen molar-refractivity contribution in [2.45, 2.75) is 38.1 Å². The summed E-state index contributed by atoms with van der Waals surface area (Å²) in [6, 6.07) is 0.676. The third-order valence-corrected chi connectivity index (χ3v) is 4.34. The van der Waals surface area contributed by atoms with E-state index in [0.29, 0.717) is 6.04 Å². The van der Waals surface area contributed by atoms with Crippen molar-refractivity contribution >= 4 is 0 Å². The van der Waals surface area contributed by atoms with Crippen LogP contribution >= 0.6 is 0 Å². The van der Waals surface area contributed by atoms with E-state index < -0.39 is 0 Å². The molecule has 1 atom stereocenters. The van der Waals surface area contributed by atoms with Crippen molar-refractivity contribution < 1.29 is 4.74 Å². The first-order chi connectivity index (χ1) is 8.78. The molecule has 0 radical (unpaired) electrons. The fourth-order valence-electron chi connectivity index (χ4n) is 2.70. The molecule has 3 nitrogen and oxygen atoms in total. The Morgan fingerprint density at radius 3 is 2.89 bits per heavy atom. The monoisotopic (exact) mass is 250 g/mol. The number of likely N-dealkylation sites (tertiary alicyclic amines) is 1. The molecule has 1 saturated carbocycles. The maximum absolute atomic E-state index is 5.70. The van der Waals surface area contributed by atoms with E-state index in [1.165, 1.54) is 32.4 Å². The molecule has 2 fully saturated rings. The van der Waals surface area contributed by atoms with Crippen LogP contribution in [0.2, 0.25) is 0 Å². The molecule has 0 amide bonds. The minimum absolute atomic E-state index is 0.262. The van der Waals surface area contributed by atoms with E-state index in [0.717, 1.165) is 32.6 Å². The molecule has 0 aromatic carbocycles. The van der Waals surface area contributed by atoms with Gasteiger partial charge in [0.1, 0.15) is 0 Å². The standard InChI is InChI=1S/C15H26N2O/c1-3-15(7-8-15)6-4-11-18-12-10-17-9-5-14(13-17)16-2/h1,14,16H,4-13H2,2H3. The Hall–Kier alpha value is -0.560. The molecule has 1 saturated heterocycles. The van der Waals surface area contributed by atoms with Crippen LogP contribution in [0.15, 0.2) is 0 Å². The molecule has 1 heterocycles. The lowest BCUT2D eigenvalue weighted by Gasteiger charge is -2.16. The fourth-order valence-corrected chi connectivity index (χ4v) is 2.70. The number of ether oxygens (including phenoxy) is 1. The highest BCUT2D eigenvalue weighted by molar-refractivity contribution is 5.14. The summed E-state index contributed by atoms with van der Waals surface area (Å²) in [5.41, 5.74) is 0.262. The van der Waals surface area contributed by atoms with Gasteiger partial charge in [0, 0.05) is 31.2 Å². The van der Waals surface area contributed by atoms with Gasteiger partial charge in [-0.1, -0.05) is 5.92 Å². The summed E-state index contributed by atoms with van der Waals surface area (Å²) in [5.74, 6) is 2.93. The number of nitrogens with one attached hydrogen (secondary N) is 1. The highest BCUT2D eigenvalue weighted by atomic mass is 16.5. The second kappa shape index (κ2) is 6.56. The smallest absolute Gasteiger partial charge is 0.0593 e.